The lowest BCUT2D eigenvalue weighted by Crippen LogP contribution is -2.34. The van der Waals surface area contributed by atoms with Gasteiger partial charge in [-0.15, -0.1) is 11.3 Å². The van der Waals surface area contributed by atoms with E-state index in [2.05, 4.69) is 4.98 Å². The van der Waals surface area contributed by atoms with E-state index in [-0.39, 0.29) is 5.97 Å². The topological polar surface area (TPSA) is 65.2 Å². The van der Waals surface area contributed by atoms with Crippen LogP contribution in [0.1, 0.15) is 12.6 Å². The molecule has 0 aliphatic rings. The molecule has 1 unspecified atom stereocenters. The molecule has 2 N–H and O–H groups in total. The number of rotatable bonds is 6. The van der Waals surface area contributed by atoms with Crippen LogP contribution in [0.25, 0.3) is 0 Å². The molecule has 0 radical (unpaired) electrons. The molecule has 1 atom stereocenters. The summed E-state index contributed by atoms with van der Waals surface area (Å²) in [6.07, 6.45) is 0. The van der Waals surface area contributed by atoms with Crippen LogP contribution in [0, 0.1) is 0 Å². The van der Waals surface area contributed by atoms with Crippen LogP contribution < -0.4 is 5.73 Å². The van der Waals surface area contributed by atoms with Gasteiger partial charge in [-0.25, -0.2) is 4.98 Å². The van der Waals surface area contributed by atoms with Crippen molar-refractivity contribution in [3.05, 3.63) is 16.6 Å². The Morgan fingerprint density at radius 3 is 3.20 bits per heavy atom. The van der Waals surface area contributed by atoms with Crippen molar-refractivity contribution in [2.24, 2.45) is 5.73 Å². The third-order valence-electron chi connectivity index (χ3n) is 1.62. The fourth-order valence-corrected chi connectivity index (χ4v) is 2.46. The Hall–Kier alpha value is -0.590. The first-order valence-electron chi connectivity index (χ1n) is 4.61. The van der Waals surface area contributed by atoms with Crippen molar-refractivity contribution in [3.63, 3.8) is 0 Å². The van der Waals surface area contributed by atoms with Crippen LogP contribution in [0.15, 0.2) is 10.9 Å². The highest BCUT2D eigenvalue weighted by atomic mass is 32.2. The Balaban J connectivity index is 2.17. The summed E-state index contributed by atoms with van der Waals surface area (Å²) in [4.78, 5) is 15.3. The molecule has 4 nitrogen and oxygen atoms in total. The summed E-state index contributed by atoms with van der Waals surface area (Å²) in [6.45, 7) is 2.15. The molecule has 1 heterocycles. The maximum atomic E-state index is 11.2. The van der Waals surface area contributed by atoms with Crippen LogP contribution in [-0.4, -0.2) is 29.4 Å². The van der Waals surface area contributed by atoms with Gasteiger partial charge in [0.25, 0.3) is 0 Å². The quantitative estimate of drug-likeness (QED) is 0.766. The molecule has 0 amide bonds. The molecular formula is C9H14N2O2S2. The Labute approximate surface area is 97.2 Å². The van der Waals surface area contributed by atoms with E-state index in [4.69, 9.17) is 10.5 Å². The molecule has 84 valence electrons. The van der Waals surface area contributed by atoms with E-state index in [0.29, 0.717) is 12.4 Å². The predicted molar refractivity (Wildman–Crippen MR) is 62.9 cm³/mol. The average Bonchev–Trinajstić information content (AvgIpc) is 2.71. The molecule has 1 aromatic rings. The molecule has 0 aliphatic carbocycles. The first-order valence-corrected chi connectivity index (χ1v) is 6.70. The Bertz CT molecular complexity index is 290. The van der Waals surface area contributed by atoms with Crippen LogP contribution in [0.5, 0.6) is 0 Å². The normalized spacial score (nSPS) is 12.4. The second kappa shape index (κ2) is 6.81. The van der Waals surface area contributed by atoms with Crippen LogP contribution >= 0.6 is 23.1 Å². The van der Waals surface area contributed by atoms with Gasteiger partial charge < -0.3 is 10.5 Å². The third-order valence-corrected chi connectivity index (χ3v) is 3.35. The van der Waals surface area contributed by atoms with Crippen molar-refractivity contribution in [1.29, 1.82) is 0 Å². The second-order valence-corrected chi connectivity index (χ2v) is 4.60. The predicted octanol–water partition coefficient (Wildman–Crippen LogP) is 1.27. The van der Waals surface area contributed by atoms with Crippen molar-refractivity contribution >= 4 is 29.1 Å². The molecule has 6 heteroatoms. The van der Waals surface area contributed by atoms with Gasteiger partial charge in [0.05, 0.1) is 17.8 Å². The minimum Gasteiger partial charge on any atom is -0.465 e. The summed E-state index contributed by atoms with van der Waals surface area (Å²) < 4.78 is 4.80. The Kier molecular flexibility index (Phi) is 5.67. The van der Waals surface area contributed by atoms with Crippen molar-refractivity contribution < 1.29 is 9.53 Å². The largest absolute Gasteiger partial charge is 0.465 e. The molecule has 0 aliphatic heterocycles. The van der Waals surface area contributed by atoms with Gasteiger partial charge in [0.2, 0.25) is 0 Å². The van der Waals surface area contributed by atoms with E-state index in [1.807, 2.05) is 5.38 Å². The smallest absolute Gasteiger partial charge is 0.323 e. The maximum absolute atomic E-state index is 11.2. The number of nitrogens with two attached hydrogens (primary N) is 1. The molecule has 15 heavy (non-hydrogen) atoms. The highest BCUT2D eigenvalue weighted by Gasteiger charge is 2.14. The summed E-state index contributed by atoms with van der Waals surface area (Å²) in [5, 5.41) is 1.99. The standard InChI is InChI=1S/C9H14N2O2S2/c1-2-13-9(12)8(10)5-14-3-7-4-15-6-11-7/h4,6,8H,2-3,5,10H2,1H3. The number of aromatic nitrogens is 1. The molecule has 0 bridgehead atoms. The van der Waals surface area contributed by atoms with Gasteiger partial charge in [0.1, 0.15) is 6.04 Å². The lowest BCUT2D eigenvalue weighted by molar-refractivity contribution is -0.144. The van der Waals surface area contributed by atoms with Gasteiger partial charge >= 0.3 is 5.97 Å². The molecule has 0 fully saturated rings. The van der Waals surface area contributed by atoms with Crippen molar-refractivity contribution in [3.8, 4) is 0 Å². The third kappa shape index (κ3) is 4.63. The van der Waals surface area contributed by atoms with Crippen LogP contribution in [-0.2, 0) is 15.3 Å². The minimum atomic E-state index is -0.534. The van der Waals surface area contributed by atoms with Gasteiger partial charge in [-0.1, -0.05) is 0 Å². The Morgan fingerprint density at radius 1 is 1.80 bits per heavy atom. The Morgan fingerprint density at radius 2 is 2.60 bits per heavy atom. The molecular weight excluding hydrogens is 232 g/mol. The highest BCUT2D eigenvalue weighted by Crippen LogP contribution is 2.12. The van der Waals surface area contributed by atoms with Crippen LogP contribution in [0.4, 0.5) is 0 Å². The van der Waals surface area contributed by atoms with Gasteiger partial charge in [-0.05, 0) is 6.92 Å². The highest BCUT2D eigenvalue weighted by molar-refractivity contribution is 7.98. The summed E-state index contributed by atoms with van der Waals surface area (Å²) in [6, 6.07) is -0.534. The second-order valence-electron chi connectivity index (χ2n) is 2.85. The van der Waals surface area contributed by atoms with E-state index in [0.717, 1.165) is 11.4 Å². The van der Waals surface area contributed by atoms with Gasteiger partial charge in [-0.3, -0.25) is 4.79 Å². The zero-order valence-electron chi connectivity index (χ0n) is 8.51. The fraction of sp³-hybridized carbons (Fsp3) is 0.556. The number of carbonyl (C=O) groups is 1. The minimum absolute atomic E-state index is 0.330. The zero-order valence-corrected chi connectivity index (χ0v) is 10.1. The number of hydrogen-bond donors (Lipinski definition) is 1. The van der Waals surface area contributed by atoms with Crippen molar-refractivity contribution in [1.82, 2.24) is 4.98 Å². The molecule has 0 saturated heterocycles. The van der Waals surface area contributed by atoms with Crippen molar-refractivity contribution in [2.45, 2.75) is 18.7 Å². The summed E-state index contributed by atoms with van der Waals surface area (Å²) >= 11 is 3.16. The SMILES string of the molecule is CCOC(=O)C(N)CSCc1cscn1. The number of ether oxygens (including phenoxy) is 1. The molecule has 0 saturated carbocycles. The zero-order chi connectivity index (χ0) is 11.1. The van der Waals surface area contributed by atoms with Gasteiger partial charge in [-0.2, -0.15) is 11.8 Å². The average molecular weight is 246 g/mol. The lowest BCUT2D eigenvalue weighted by atomic mass is 10.4. The summed E-state index contributed by atoms with van der Waals surface area (Å²) in [5.74, 6) is 1.02. The van der Waals surface area contributed by atoms with Crippen LogP contribution in [0.2, 0.25) is 0 Å². The van der Waals surface area contributed by atoms with E-state index in [9.17, 15) is 4.79 Å². The van der Waals surface area contributed by atoms with E-state index >= 15 is 0 Å². The van der Waals surface area contributed by atoms with E-state index in [1.54, 1.807) is 35.5 Å². The number of thiazole rings is 1. The molecule has 0 aromatic carbocycles. The maximum Gasteiger partial charge on any atom is 0.323 e. The molecule has 1 rings (SSSR count). The van der Waals surface area contributed by atoms with E-state index < -0.39 is 6.04 Å². The number of thioether (sulfide) groups is 1. The summed E-state index contributed by atoms with van der Waals surface area (Å²) in [7, 11) is 0. The van der Waals surface area contributed by atoms with E-state index in [1.165, 1.54) is 0 Å². The number of esters is 1. The fourth-order valence-electron chi connectivity index (χ4n) is 0.917. The first-order chi connectivity index (χ1) is 7.24. The number of carbonyl (C=O) groups excluding carboxylic acids is 1. The van der Waals surface area contributed by atoms with Crippen molar-refractivity contribution in [2.75, 3.05) is 12.4 Å². The summed E-state index contributed by atoms with van der Waals surface area (Å²) in [5.41, 5.74) is 8.45. The lowest BCUT2D eigenvalue weighted by Gasteiger charge is -2.09. The number of hydrogen-bond acceptors (Lipinski definition) is 6. The monoisotopic (exact) mass is 246 g/mol. The first kappa shape index (κ1) is 12.5. The van der Waals surface area contributed by atoms with Crippen LogP contribution in [0.3, 0.4) is 0 Å². The van der Waals surface area contributed by atoms with Gasteiger partial charge in [0, 0.05) is 16.9 Å². The van der Waals surface area contributed by atoms with Gasteiger partial charge in [0.15, 0.2) is 0 Å². The molecule has 0 spiro atoms. The number of nitrogens with zero attached hydrogens (tertiary/aromatic N) is 1. The molecule has 1 aromatic heterocycles.